The van der Waals surface area contributed by atoms with Crippen LogP contribution in [-0.2, 0) is 21.5 Å². The number of nitrogens with one attached hydrogen (secondary N) is 1. The maximum absolute atomic E-state index is 12.8. The molecule has 132 valence electrons. The summed E-state index contributed by atoms with van der Waals surface area (Å²) in [6.07, 6.45) is -2.28. The second kappa shape index (κ2) is 6.96. The molecule has 2 atom stereocenters. The lowest BCUT2D eigenvalue weighted by atomic mass is 9.79. The standard InChI is InChI=1S/C17H20F3NO2S/c1-23-16(22)14-12-5-7-21(8-6-12)15(14)24-10-11-3-2-4-13(9-11)17(18,19)20/h2-4,9,12,14-15H,5-8,10H2,1H3/p+1/t14-,15+/m1/s1. The molecule has 4 rings (SSSR count). The highest BCUT2D eigenvalue weighted by atomic mass is 32.2. The summed E-state index contributed by atoms with van der Waals surface area (Å²) in [4.78, 5) is 13.5. The first-order chi connectivity index (χ1) is 11.4. The molecule has 3 aliphatic rings. The summed E-state index contributed by atoms with van der Waals surface area (Å²) in [6.45, 7) is 2.05. The molecule has 0 amide bonds. The maximum Gasteiger partial charge on any atom is 0.416 e. The highest BCUT2D eigenvalue weighted by Crippen LogP contribution is 2.36. The molecule has 2 bridgehead atoms. The minimum absolute atomic E-state index is 0.0690. The van der Waals surface area contributed by atoms with Crippen LogP contribution in [0.15, 0.2) is 24.3 Å². The van der Waals surface area contributed by atoms with Crippen LogP contribution >= 0.6 is 11.8 Å². The normalized spacial score (nSPS) is 29.5. The van der Waals surface area contributed by atoms with Crippen LogP contribution in [0.25, 0.3) is 0 Å². The molecular formula is C17H21F3NO2S+. The van der Waals surface area contributed by atoms with Gasteiger partial charge in [-0.25, -0.2) is 0 Å². The molecule has 3 aliphatic heterocycles. The van der Waals surface area contributed by atoms with Crippen molar-refractivity contribution in [3.63, 3.8) is 0 Å². The summed E-state index contributed by atoms with van der Waals surface area (Å²) >= 11 is 1.58. The minimum atomic E-state index is -4.33. The van der Waals surface area contributed by atoms with Gasteiger partial charge in [0.1, 0.15) is 11.3 Å². The SMILES string of the molecule is COC(=O)[C@@H]1C2CC[NH+](CC2)[C@H]1SCc1cccc(C(F)(F)F)c1. The van der Waals surface area contributed by atoms with Gasteiger partial charge < -0.3 is 9.64 Å². The van der Waals surface area contributed by atoms with Gasteiger partial charge >= 0.3 is 12.1 Å². The molecule has 0 radical (unpaired) electrons. The van der Waals surface area contributed by atoms with Gasteiger partial charge in [-0.3, -0.25) is 4.79 Å². The summed E-state index contributed by atoms with van der Waals surface area (Å²) in [7, 11) is 1.41. The van der Waals surface area contributed by atoms with Gasteiger partial charge in [0.05, 0.1) is 25.8 Å². The molecular weight excluding hydrogens is 339 g/mol. The van der Waals surface area contributed by atoms with E-state index < -0.39 is 11.7 Å². The fourth-order valence-corrected chi connectivity index (χ4v) is 5.42. The number of ether oxygens (including phenoxy) is 1. The number of hydrogen-bond acceptors (Lipinski definition) is 3. The smallest absolute Gasteiger partial charge is 0.416 e. The molecule has 1 aromatic rings. The summed E-state index contributed by atoms with van der Waals surface area (Å²) in [5.74, 6) is 0.480. The van der Waals surface area contributed by atoms with Crippen LogP contribution < -0.4 is 4.90 Å². The Morgan fingerprint density at radius 2 is 2.04 bits per heavy atom. The van der Waals surface area contributed by atoms with E-state index in [2.05, 4.69) is 0 Å². The molecule has 1 aromatic carbocycles. The van der Waals surface area contributed by atoms with Crippen LogP contribution in [-0.4, -0.2) is 31.5 Å². The topological polar surface area (TPSA) is 30.7 Å². The Kier molecular flexibility index (Phi) is 5.11. The number of thioether (sulfide) groups is 1. The highest BCUT2D eigenvalue weighted by molar-refractivity contribution is 7.98. The quantitative estimate of drug-likeness (QED) is 0.837. The molecule has 3 saturated heterocycles. The van der Waals surface area contributed by atoms with Crippen molar-refractivity contribution in [2.24, 2.45) is 11.8 Å². The zero-order chi connectivity index (χ0) is 17.3. The van der Waals surface area contributed by atoms with Gasteiger partial charge in [-0.15, -0.1) is 0 Å². The third-order valence-electron chi connectivity index (χ3n) is 5.07. The Bertz CT molecular complexity index is 600. The van der Waals surface area contributed by atoms with E-state index in [1.807, 2.05) is 0 Å². The Morgan fingerprint density at radius 3 is 2.67 bits per heavy atom. The van der Waals surface area contributed by atoms with Crippen molar-refractivity contribution in [1.29, 1.82) is 0 Å². The first kappa shape index (κ1) is 17.6. The number of alkyl halides is 3. The van der Waals surface area contributed by atoms with E-state index in [0.717, 1.165) is 32.0 Å². The lowest BCUT2D eigenvalue weighted by Crippen LogP contribution is -3.19. The first-order valence-corrected chi connectivity index (χ1v) is 9.15. The summed E-state index contributed by atoms with van der Waals surface area (Å²) in [5.41, 5.74) is 0.0171. The number of hydrogen-bond donors (Lipinski definition) is 1. The lowest BCUT2D eigenvalue weighted by molar-refractivity contribution is -0.930. The molecule has 0 aromatic heterocycles. The van der Waals surface area contributed by atoms with E-state index in [9.17, 15) is 18.0 Å². The molecule has 24 heavy (non-hydrogen) atoms. The van der Waals surface area contributed by atoms with Crippen molar-refractivity contribution >= 4 is 17.7 Å². The van der Waals surface area contributed by atoms with Crippen LogP contribution in [0.5, 0.6) is 0 Å². The number of esters is 1. The maximum atomic E-state index is 12.8. The van der Waals surface area contributed by atoms with Crippen LogP contribution in [0, 0.1) is 11.8 Å². The number of quaternary nitrogens is 1. The minimum Gasteiger partial charge on any atom is -0.469 e. The van der Waals surface area contributed by atoms with Crippen molar-refractivity contribution in [3.8, 4) is 0 Å². The summed E-state index contributed by atoms with van der Waals surface area (Å²) in [5, 5.41) is 0.0690. The monoisotopic (exact) mass is 360 g/mol. The lowest BCUT2D eigenvalue weighted by Gasteiger charge is -2.46. The number of carbonyl (C=O) groups excluding carboxylic acids is 1. The third-order valence-corrected chi connectivity index (χ3v) is 6.55. The third kappa shape index (κ3) is 3.57. The van der Waals surface area contributed by atoms with E-state index in [1.165, 1.54) is 24.1 Å². The Balaban J connectivity index is 1.72. The Labute approximate surface area is 143 Å². The zero-order valence-corrected chi connectivity index (χ0v) is 14.3. The van der Waals surface area contributed by atoms with Gasteiger partial charge in [0.2, 0.25) is 0 Å². The average Bonchev–Trinajstić information content (AvgIpc) is 2.59. The first-order valence-electron chi connectivity index (χ1n) is 8.10. The molecule has 0 saturated carbocycles. The molecule has 0 aliphatic carbocycles. The number of carbonyl (C=O) groups is 1. The average molecular weight is 360 g/mol. The molecule has 3 fully saturated rings. The largest absolute Gasteiger partial charge is 0.469 e. The predicted molar refractivity (Wildman–Crippen MR) is 85.5 cm³/mol. The highest BCUT2D eigenvalue weighted by Gasteiger charge is 2.50. The van der Waals surface area contributed by atoms with Crippen molar-refractivity contribution in [2.45, 2.75) is 30.1 Å². The molecule has 3 nitrogen and oxygen atoms in total. The Morgan fingerprint density at radius 1 is 1.33 bits per heavy atom. The second-order valence-electron chi connectivity index (χ2n) is 6.47. The van der Waals surface area contributed by atoms with E-state index in [1.54, 1.807) is 17.8 Å². The number of halogens is 3. The van der Waals surface area contributed by atoms with Gasteiger partial charge in [0.25, 0.3) is 0 Å². The number of piperidine rings is 3. The number of methoxy groups -OCH3 is 1. The predicted octanol–water partition coefficient (Wildman–Crippen LogP) is 2.36. The van der Waals surface area contributed by atoms with Crippen LogP contribution in [0.4, 0.5) is 13.2 Å². The van der Waals surface area contributed by atoms with Crippen molar-refractivity contribution < 1.29 is 27.6 Å². The van der Waals surface area contributed by atoms with Gasteiger partial charge in [-0.05, 0) is 17.5 Å². The zero-order valence-electron chi connectivity index (χ0n) is 13.4. The van der Waals surface area contributed by atoms with Crippen molar-refractivity contribution in [3.05, 3.63) is 35.4 Å². The van der Waals surface area contributed by atoms with E-state index in [0.29, 0.717) is 17.2 Å². The fourth-order valence-electron chi connectivity index (χ4n) is 3.85. The Hall–Kier alpha value is -1.21. The number of rotatable bonds is 4. The van der Waals surface area contributed by atoms with Gasteiger partial charge in [0.15, 0.2) is 0 Å². The number of benzene rings is 1. The van der Waals surface area contributed by atoms with Crippen LogP contribution in [0.1, 0.15) is 24.0 Å². The molecule has 0 unspecified atom stereocenters. The van der Waals surface area contributed by atoms with Gasteiger partial charge in [-0.2, -0.15) is 13.2 Å². The number of fused-ring (bicyclic) bond motifs is 3. The van der Waals surface area contributed by atoms with Crippen molar-refractivity contribution in [2.75, 3.05) is 20.2 Å². The molecule has 3 heterocycles. The summed E-state index contributed by atoms with van der Waals surface area (Å²) in [6, 6.07) is 5.44. The van der Waals surface area contributed by atoms with Gasteiger partial charge in [-0.1, -0.05) is 30.0 Å². The van der Waals surface area contributed by atoms with E-state index >= 15 is 0 Å². The molecule has 7 heteroatoms. The van der Waals surface area contributed by atoms with E-state index in [4.69, 9.17) is 4.74 Å². The molecule has 0 spiro atoms. The second-order valence-corrected chi connectivity index (χ2v) is 7.60. The van der Waals surface area contributed by atoms with Crippen LogP contribution in [0.2, 0.25) is 0 Å². The van der Waals surface area contributed by atoms with E-state index in [-0.39, 0.29) is 17.3 Å². The van der Waals surface area contributed by atoms with Crippen LogP contribution in [0.3, 0.4) is 0 Å². The fraction of sp³-hybridized carbons (Fsp3) is 0.588. The van der Waals surface area contributed by atoms with Crippen molar-refractivity contribution in [1.82, 2.24) is 0 Å². The van der Waals surface area contributed by atoms with Gasteiger partial charge in [0, 0.05) is 18.6 Å². The molecule has 1 N–H and O–H groups in total. The summed E-state index contributed by atoms with van der Waals surface area (Å²) < 4.78 is 43.5.